The molecular formula is C18H21NO4. The van der Waals surface area contributed by atoms with E-state index in [1.54, 1.807) is 26.8 Å². The van der Waals surface area contributed by atoms with Crippen molar-refractivity contribution >= 4 is 11.9 Å². The van der Waals surface area contributed by atoms with Crippen LogP contribution in [0.3, 0.4) is 0 Å². The number of hydrogen-bond acceptors (Lipinski definition) is 4. The molecule has 0 aliphatic heterocycles. The van der Waals surface area contributed by atoms with Crippen molar-refractivity contribution in [3.05, 3.63) is 59.5 Å². The van der Waals surface area contributed by atoms with Crippen LogP contribution in [0.4, 0.5) is 0 Å². The molecule has 2 rings (SSSR count). The molecule has 0 aliphatic carbocycles. The topological polar surface area (TPSA) is 68.5 Å². The third-order valence-electron chi connectivity index (χ3n) is 3.31. The van der Waals surface area contributed by atoms with E-state index in [0.717, 1.165) is 11.1 Å². The summed E-state index contributed by atoms with van der Waals surface area (Å²) < 4.78 is 10.4. The van der Waals surface area contributed by atoms with Gasteiger partial charge < -0.3 is 14.5 Å². The number of carbonyl (C=O) groups is 2. The van der Waals surface area contributed by atoms with E-state index in [-0.39, 0.29) is 30.2 Å². The van der Waals surface area contributed by atoms with Crippen molar-refractivity contribution in [3.8, 4) is 0 Å². The van der Waals surface area contributed by atoms with Gasteiger partial charge in [-0.25, -0.2) is 0 Å². The van der Waals surface area contributed by atoms with Crippen LogP contribution in [0.25, 0.3) is 0 Å². The molecule has 2 aromatic rings. The van der Waals surface area contributed by atoms with Crippen molar-refractivity contribution in [3.63, 3.8) is 0 Å². The lowest BCUT2D eigenvalue weighted by Crippen LogP contribution is -2.31. The summed E-state index contributed by atoms with van der Waals surface area (Å²) in [4.78, 5) is 24.3. The molecule has 0 spiro atoms. The van der Waals surface area contributed by atoms with Crippen molar-refractivity contribution in [1.29, 1.82) is 0 Å². The highest BCUT2D eigenvalue weighted by Crippen LogP contribution is 2.19. The molecular weight excluding hydrogens is 294 g/mol. The Labute approximate surface area is 135 Å². The highest BCUT2D eigenvalue weighted by atomic mass is 16.5. The number of amides is 1. The number of rotatable bonds is 6. The van der Waals surface area contributed by atoms with E-state index >= 15 is 0 Å². The van der Waals surface area contributed by atoms with Crippen LogP contribution < -0.4 is 5.32 Å². The third kappa shape index (κ3) is 4.71. The molecule has 1 unspecified atom stereocenters. The fourth-order valence-corrected chi connectivity index (χ4v) is 2.24. The second-order valence-electron chi connectivity index (χ2n) is 5.61. The maximum Gasteiger partial charge on any atom is 0.308 e. The molecule has 0 fully saturated rings. The number of nitrogens with one attached hydrogen (secondary N) is 1. The highest BCUT2D eigenvalue weighted by Gasteiger charge is 2.22. The summed E-state index contributed by atoms with van der Waals surface area (Å²) in [5.74, 6) is -0.452. The smallest absolute Gasteiger partial charge is 0.308 e. The summed E-state index contributed by atoms with van der Waals surface area (Å²) in [6, 6.07) is 10.6. The predicted octanol–water partition coefficient (Wildman–Crippen LogP) is 3.40. The first kappa shape index (κ1) is 16.8. The molecule has 5 heteroatoms. The van der Waals surface area contributed by atoms with Gasteiger partial charge in [-0.2, -0.15) is 0 Å². The number of aryl methyl sites for hydroxylation is 1. The summed E-state index contributed by atoms with van der Waals surface area (Å²) in [7, 11) is 0. The lowest BCUT2D eigenvalue weighted by molar-refractivity contribution is -0.147. The Morgan fingerprint density at radius 2 is 1.87 bits per heavy atom. The van der Waals surface area contributed by atoms with Crippen LogP contribution in [0.5, 0.6) is 0 Å². The molecule has 1 heterocycles. The van der Waals surface area contributed by atoms with Crippen molar-refractivity contribution in [2.45, 2.75) is 39.3 Å². The van der Waals surface area contributed by atoms with Gasteiger partial charge in [-0.3, -0.25) is 9.59 Å². The number of hydrogen-bond donors (Lipinski definition) is 1. The van der Waals surface area contributed by atoms with Gasteiger partial charge in [0, 0.05) is 5.56 Å². The zero-order valence-electron chi connectivity index (χ0n) is 13.5. The molecule has 1 aromatic carbocycles. The van der Waals surface area contributed by atoms with Crippen LogP contribution in [-0.2, 0) is 9.53 Å². The Hall–Kier alpha value is -2.56. The molecule has 1 N–H and O–H groups in total. The summed E-state index contributed by atoms with van der Waals surface area (Å²) in [5, 5.41) is 2.85. The maximum absolute atomic E-state index is 12.4. The van der Waals surface area contributed by atoms with E-state index in [1.807, 2.05) is 30.3 Å². The number of esters is 1. The summed E-state index contributed by atoms with van der Waals surface area (Å²) in [6.07, 6.45) is 1.34. The van der Waals surface area contributed by atoms with Crippen LogP contribution in [0.2, 0.25) is 0 Å². The fourth-order valence-electron chi connectivity index (χ4n) is 2.24. The molecule has 1 amide bonds. The van der Waals surface area contributed by atoms with Crippen molar-refractivity contribution in [1.82, 2.24) is 5.32 Å². The molecule has 0 bridgehead atoms. The van der Waals surface area contributed by atoms with Crippen molar-refractivity contribution in [2.24, 2.45) is 0 Å². The van der Waals surface area contributed by atoms with Gasteiger partial charge in [-0.05, 0) is 32.4 Å². The SMILES string of the molecule is Cc1ccoc1C(=O)NC(CC(=O)OC(C)C)c1ccccc1. The maximum atomic E-state index is 12.4. The molecule has 0 radical (unpaired) electrons. The normalized spacial score (nSPS) is 12.0. The van der Waals surface area contributed by atoms with Crippen LogP contribution in [0.1, 0.15) is 48.0 Å². The monoisotopic (exact) mass is 315 g/mol. The predicted molar refractivity (Wildman–Crippen MR) is 85.9 cm³/mol. The number of furan rings is 1. The third-order valence-corrected chi connectivity index (χ3v) is 3.31. The Balaban J connectivity index is 2.15. The zero-order chi connectivity index (χ0) is 16.8. The van der Waals surface area contributed by atoms with Gasteiger partial charge in [0.05, 0.1) is 24.8 Å². The molecule has 1 atom stereocenters. The van der Waals surface area contributed by atoms with E-state index in [2.05, 4.69) is 5.32 Å². The van der Waals surface area contributed by atoms with Gasteiger partial charge in [-0.1, -0.05) is 30.3 Å². The van der Waals surface area contributed by atoms with Crippen LogP contribution >= 0.6 is 0 Å². The molecule has 1 aromatic heterocycles. The molecule has 23 heavy (non-hydrogen) atoms. The van der Waals surface area contributed by atoms with Gasteiger partial charge in [0.2, 0.25) is 0 Å². The van der Waals surface area contributed by atoms with Gasteiger partial charge >= 0.3 is 5.97 Å². The zero-order valence-corrected chi connectivity index (χ0v) is 13.5. The fraction of sp³-hybridized carbons (Fsp3) is 0.333. The molecule has 0 aliphatic rings. The van der Waals surface area contributed by atoms with E-state index in [9.17, 15) is 9.59 Å². The van der Waals surface area contributed by atoms with Crippen LogP contribution in [0, 0.1) is 6.92 Å². The minimum atomic E-state index is -0.473. The first-order valence-electron chi connectivity index (χ1n) is 7.56. The molecule has 122 valence electrons. The average molecular weight is 315 g/mol. The summed E-state index contributed by atoms with van der Waals surface area (Å²) in [5.41, 5.74) is 1.59. The van der Waals surface area contributed by atoms with Crippen molar-refractivity contribution in [2.75, 3.05) is 0 Å². The standard InChI is InChI=1S/C18H21NO4/c1-12(2)23-16(20)11-15(14-7-5-4-6-8-14)19-18(21)17-13(3)9-10-22-17/h4-10,12,15H,11H2,1-3H3,(H,19,21). The Morgan fingerprint density at radius 1 is 1.17 bits per heavy atom. The van der Waals surface area contributed by atoms with Gasteiger partial charge in [0.1, 0.15) is 0 Å². The molecule has 0 saturated heterocycles. The van der Waals surface area contributed by atoms with Gasteiger partial charge in [-0.15, -0.1) is 0 Å². The van der Waals surface area contributed by atoms with Gasteiger partial charge in [0.15, 0.2) is 5.76 Å². The van der Waals surface area contributed by atoms with E-state index in [0.29, 0.717) is 0 Å². The molecule has 0 saturated carbocycles. The second-order valence-corrected chi connectivity index (χ2v) is 5.61. The first-order valence-corrected chi connectivity index (χ1v) is 7.56. The largest absolute Gasteiger partial charge is 0.463 e. The Bertz CT molecular complexity index is 661. The average Bonchev–Trinajstić information content (AvgIpc) is 2.93. The Morgan fingerprint density at radius 3 is 2.43 bits per heavy atom. The highest BCUT2D eigenvalue weighted by molar-refractivity contribution is 5.93. The first-order chi connectivity index (χ1) is 11.0. The van der Waals surface area contributed by atoms with Gasteiger partial charge in [0.25, 0.3) is 5.91 Å². The summed E-state index contributed by atoms with van der Waals surface area (Å²) >= 11 is 0. The molecule has 5 nitrogen and oxygen atoms in total. The van der Waals surface area contributed by atoms with E-state index in [4.69, 9.17) is 9.15 Å². The van der Waals surface area contributed by atoms with E-state index in [1.165, 1.54) is 6.26 Å². The van der Waals surface area contributed by atoms with Crippen molar-refractivity contribution < 1.29 is 18.7 Å². The number of carbonyl (C=O) groups excluding carboxylic acids is 2. The summed E-state index contributed by atoms with van der Waals surface area (Å²) in [6.45, 7) is 5.38. The van der Waals surface area contributed by atoms with Crippen LogP contribution in [0.15, 0.2) is 47.1 Å². The van der Waals surface area contributed by atoms with Crippen LogP contribution in [-0.4, -0.2) is 18.0 Å². The quantitative estimate of drug-likeness (QED) is 0.830. The lowest BCUT2D eigenvalue weighted by atomic mass is 10.0. The minimum absolute atomic E-state index is 0.0632. The minimum Gasteiger partial charge on any atom is -0.463 e. The lowest BCUT2D eigenvalue weighted by Gasteiger charge is -2.19. The Kier molecular flexibility index (Phi) is 5.57. The number of benzene rings is 1. The second kappa shape index (κ2) is 7.63. The number of ether oxygens (including phenoxy) is 1. The van der Waals surface area contributed by atoms with E-state index < -0.39 is 6.04 Å².